The number of carbonyl (C=O) groups excluding carboxylic acids is 1. The second-order valence-electron chi connectivity index (χ2n) is 5.08. The molecule has 2 rings (SSSR count). The number of nitrogens with one attached hydrogen (secondary N) is 1. The van der Waals surface area contributed by atoms with Gasteiger partial charge in [0.2, 0.25) is 0 Å². The third kappa shape index (κ3) is 4.37. The minimum atomic E-state index is -0.806. The Bertz CT molecular complexity index is 796. The van der Waals surface area contributed by atoms with E-state index in [0.717, 1.165) is 5.56 Å². The highest BCUT2D eigenvalue weighted by molar-refractivity contribution is 6.32. The van der Waals surface area contributed by atoms with Crippen LogP contribution in [0.5, 0.6) is 5.75 Å². The van der Waals surface area contributed by atoms with Gasteiger partial charge in [0.1, 0.15) is 10.8 Å². The molecular weight excluding hydrogens is 355 g/mol. The van der Waals surface area contributed by atoms with Crippen LogP contribution in [0.25, 0.3) is 0 Å². The predicted molar refractivity (Wildman–Crippen MR) is 93.0 cm³/mol. The molecule has 0 aliphatic rings. The number of benzene rings is 2. The van der Waals surface area contributed by atoms with E-state index in [1.165, 1.54) is 18.2 Å². The molecule has 0 spiro atoms. The molecule has 2 aromatic rings. The Morgan fingerprint density at radius 2 is 1.96 bits per heavy atom. The van der Waals surface area contributed by atoms with Crippen molar-refractivity contribution in [2.45, 2.75) is 20.0 Å². The van der Waals surface area contributed by atoms with Crippen LogP contribution in [0.4, 0.5) is 11.4 Å². The molecule has 0 bridgehead atoms. The fourth-order valence-corrected chi connectivity index (χ4v) is 2.38. The monoisotopic (exact) mass is 368 g/mol. The van der Waals surface area contributed by atoms with E-state index in [-0.39, 0.29) is 16.4 Å². The average Bonchev–Trinajstić information content (AvgIpc) is 2.51. The van der Waals surface area contributed by atoms with Crippen molar-refractivity contribution >= 4 is 40.5 Å². The number of anilines is 1. The van der Waals surface area contributed by atoms with E-state index in [0.29, 0.717) is 10.8 Å². The minimum absolute atomic E-state index is 0.000846. The largest absolute Gasteiger partial charge is 0.481 e. The number of halogens is 2. The van der Waals surface area contributed by atoms with Crippen LogP contribution in [0.2, 0.25) is 10.0 Å². The van der Waals surface area contributed by atoms with Crippen molar-refractivity contribution in [3.05, 3.63) is 62.1 Å². The van der Waals surface area contributed by atoms with Crippen LogP contribution in [0, 0.1) is 17.0 Å². The Balaban J connectivity index is 2.09. The molecule has 0 heterocycles. The molecule has 0 fully saturated rings. The molecule has 1 atom stereocenters. The number of carbonyl (C=O) groups is 1. The Morgan fingerprint density at radius 1 is 1.25 bits per heavy atom. The van der Waals surface area contributed by atoms with E-state index in [1.54, 1.807) is 25.1 Å². The van der Waals surface area contributed by atoms with Gasteiger partial charge >= 0.3 is 0 Å². The topological polar surface area (TPSA) is 81.5 Å². The van der Waals surface area contributed by atoms with E-state index in [9.17, 15) is 14.9 Å². The lowest BCUT2D eigenvalue weighted by molar-refractivity contribution is -0.384. The Kier molecular flexibility index (Phi) is 5.64. The van der Waals surface area contributed by atoms with Gasteiger partial charge < -0.3 is 10.1 Å². The Morgan fingerprint density at radius 3 is 2.58 bits per heavy atom. The number of hydrogen-bond donors (Lipinski definition) is 1. The number of hydrogen-bond acceptors (Lipinski definition) is 4. The van der Waals surface area contributed by atoms with E-state index in [2.05, 4.69) is 5.32 Å². The smallest absolute Gasteiger partial charge is 0.289 e. The summed E-state index contributed by atoms with van der Waals surface area (Å²) in [5.41, 5.74) is 0.778. The summed E-state index contributed by atoms with van der Waals surface area (Å²) in [6.45, 7) is 3.39. The number of nitro benzene ring substituents is 1. The highest BCUT2D eigenvalue weighted by Crippen LogP contribution is 2.28. The molecule has 0 radical (unpaired) electrons. The quantitative estimate of drug-likeness (QED) is 0.616. The summed E-state index contributed by atoms with van der Waals surface area (Å²) >= 11 is 11.6. The van der Waals surface area contributed by atoms with Crippen molar-refractivity contribution in [3.63, 3.8) is 0 Å². The predicted octanol–water partition coefficient (Wildman–Crippen LogP) is 4.62. The lowest BCUT2D eigenvalue weighted by Gasteiger charge is -2.16. The molecular formula is C16H14Cl2N2O4. The summed E-state index contributed by atoms with van der Waals surface area (Å²) in [7, 11) is 0. The molecule has 1 amide bonds. The zero-order chi connectivity index (χ0) is 17.9. The third-order valence-electron chi connectivity index (χ3n) is 3.22. The van der Waals surface area contributed by atoms with Gasteiger partial charge in [0, 0.05) is 16.8 Å². The van der Waals surface area contributed by atoms with Crippen molar-refractivity contribution < 1.29 is 14.5 Å². The molecule has 0 aromatic heterocycles. The number of aryl methyl sites for hydroxylation is 1. The first-order chi connectivity index (χ1) is 11.3. The van der Waals surface area contributed by atoms with Crippen molar-refractivity contribution in [2.75, 3.05) is 5.32 Å². The van der Waals surface area contributed by atoms with Gasteiger partial charge in [-0.1, -0.05) is 23.2 Å². The molecule has 24 heavy (non-hydrogen) atoms. The lowest BCUT2D eigenvalue weighted by atomic mass is 10.2. The summed E-state index contributed by atoms with van der Waals surface area (Å²) in [6, 6.07) is 9.09. The summed E-state index contributed by atoms with van der Waals surface area (Å²) in [6.07, 6.45) is -0.806. The molecule has 2 aromatic carbocycles. The summed E-state index contributed by atoms with van der Waals surface area (Å²) in [4.78, 5) is 22.5. The molecule has 1 N–H and O–H groups in total. The van der Waals surface area contributed by atoms with Gasteiger partial charge in [-0.15, -0.1) is 0 Å². The van der Waals surface area contributed by atoms with Gasteiger partial charge in [0.15, 0.2) is 6.10 Å². The van der Waals surface area contributed by atoms with Gasteiger partial charge in [0.05, 0.1) is 4.92 Å². The van der Waals surface area contributed by atoms with Crippen LogP contribution in [-0.4, -0.2) is 16.9 Å². The van der Waals surface area contributed by atoms with Gasteiger partial charge in [-0.2, -0.15) is 0 Å². The zero-order valence-electron chi connectivity index (χ0n) is 12.9. The van der Waals surface area contributed by atoms with Crippen LogP contribution in [0.15, 0.2) is 36.4 Å². The van der Waals surface area contributed by atoms with Crippen LogP contribution < -0.4 is 10.1 Å². The second-order valence-corrected chi connectivity index (χ2v) is 5.93. The third-order valence-corrected chi connectivity index (χ3v) is 3.78. The van der Waals surface area contributed by atoms with Crippen molar-refractivity contribution in [3.8, 4) is 5.75 Å². The van der Waals surface area contributed by atoms with E-state index in [4.69, 9.17) is 27.9 Å². The summed E-state index contributed by atoms with van der Waals surface area (Å²) < 4.78 is 5.60. The van der Waals surface area contributed by atoms with Gasteiger partial charge in [-0.3, -0.25) is 14.9 Å². The normalized spacial score (nSPS) is 11.7. The zero-order valence-corrected chi connectivity index (χ0v) is 14.4. The second kappa shape index (κ2) is 7.51. The SMILES string of the molecule is Cc1cc(Cl)ccc1O[C@H](C)C(=O)Nc1ccc(Cl)c([N+](=O)[O-])c1. The summed E-state index contributed by atoms with van der Waals surface area (Å²) in [5, 5.41) is 14.0. The standard InChI is InChI=1S/C16H14Cl2N2O4/c1-9-7-11(17)3-6-15(9)24-10(2)16(21)19-12-4-5-13(18)14(8-12)20(22)23/h3-8,10H,1-2H3,(H,19,21)/t10-/m1/s1. The molecule has 0 aliphatic carbocycles. The van der Waals surface area contributed by atoms with Gasteiger partial charge in [-0.05, 0) is 49.7 Å². The van der Waals surface area contributed by atoms with Crippen molar-refractivity contribution in [1.82, 2.24) is 0 Å². The van der Waals surface area contributed by atoms with Crippen LogP contribution >= 0.6 is 23.2 Å². The number of amides is 1. The number of nitro groups is 1. The van der Waals surface area contributed by atoms with Gasteiger partial charge in [0.25, 0.3) is 11.6 Å². The molecule has 0 aliphatic heterocycles. The van der Waals surface area contributed by atoms with Crippen molar-refractivity contribution in [2.24, 2.45) is 0 Å². The highest BCUT2D eigenvalue weighted by atomic mass is 35.5. The van der Waals surface area contributed by atoms with Gasteiger partial charge in [-0.25, -0.2) is 0 Å². The maximum Gasteiger partial charge on any atom is 0.289 e. The first-order valence-electron chi connectivity index (χ1n) is 6.95. The molecule has 0 saturated carbocycles. The lowest BCUT2D eigenvalue weighted by Crippen LogP contribution is -2.30. The van der Waals surface area contributed by atoms with Crippen molar-refractivity contribution in [1.29, 1.82) is 0 Å². The number of ether oxygens (including phenoxy) is 1. The minimum Gasteiger partial charge on any atom is -0.481 e. The van der Waals surface area contributed by atoms with Crippen LogP contribution in [0.1, 0.15) is 12.5 Å². The molecule has 0 saturated heterocycles. The molecule has 0 unspecified atom stereocenters. The average molecular weight is 369 g/mol. The van der Waals surface area contributed by atoms with E-state index >= 15 is 0 Å². The summed E-state index contributed by atoms with van der Waals surface area (Å²) in [5.74, 6) is 0.0881. The molecule has 126 valence electrons. The Labute approximate surface area is 148 Å². The first kappa shape index (κ1) is 18.0. The number of nitrogens with zero attached hydrogens (tertiary/aromatic N) is 1. The highest BCUT2D eigenvalue weighted by Gasteiger charge is 2.18. The fraction of sp³-hybridized carbons (Fsp3) is 0.188. The van der Waals surface area contributed by atoms with Crippen LogP contribution in [-0.2, 0) is 4.79 Å². The number of rotatable bonds is 5. The molecule has 8 heteroatoms. The fourth-order valence-electron chi connectivity index (χ4n) is 1.96. The van der Waals surface area contributed by atoms with E-state index < -0.39 is 16.9 Å². The molecule has 6 nitrogen and oxygen atoms in total. The maximum atomic E-state index is 12.2. The Hall–Kier alpha value is -2.31. The first-order valence-corrected chi connectivity index (χ1v) is 7.71. The van der Waals surface area contributed by atoms with Crippen LogP contribution in [0.3, 0.4) is 0 Å². The maximum absolute atomic E-state index is 12.2. The van der Waals surface area contributed by atoms with E-state index in [1.807, 2.05) is 6.92 Å².